The Kier molecular flexibility index (Phi) is 16.6. The molecule has 3 atom stereocenters. The lowest BCUT2D eigenvalue weighted by Gasteiger charge is -2.63. The van der Waals surface area contributed by atoms with Crippen molar-refractivity contribution in [1.29, 1.82) is 5.26 Å². The summed E-state index contributed by atoms with van der Waals surface area (Å²) < 4.78 is 27.2. The number of benzene rings is 3. The number of anilines is 1. The van der Waals surface area contributed by atoms with Gasteiger partial charge in [-0.2, -0.15) is 5.26 Å². The van der Waals surface area contributed by atoms with E-state index in [2.05, 4.69) is 26.3 Å². The van der Waals surface area contributed by atoms with Gasteiger partial charge in [0.05, 0.1) is 38.5 Å². The Bertz CT molecular complexity index is 2490. The van der Waals surface area contributed by atoms with E-state index in [9.17, 15) is 29.5 Å². The summed E-state index contributed by atoms with van der Waals surface area (Å²) in [6, 6.07) is 17.0. The van der Waals surface area contributed by atoms with Gasteiger partial charge in [0, 0.05) is 61.2 Å². The van der Waals surface area contributed by atoms with Crippen LogP contribution in [0.3, 0.4) is 0 Å². The zero-order valence-corrected chi connectivity index (χ0v) is 41.6. The number of hydrogen-bond acceptors (Lipinski definition) is 11. The van der Waals surface area contributed by atoms with Crippen molar-refractivity contribution in [3.63, 3.8) is 0 Å². The number of nitriles is 1. The standard InChI is InChI=1S/C51H63ClFN7O7S/c1-30-42(68-29-57-30)32-14-12-31(13-15-32)26-56-45(64)40-23-35(61)27-60(40)46(65)43(49(2,3)4)58-41(62)28-66-21-11-9-10-20-55-39-19-17-33(22-38(39)53)44(63)59-47-50(5,6)48(51(47,7)8)67-36-18-16-34(25-54)37(52)24-36/h12-19,22,24,29,35,40,43,47-48,55,61H,9-11,20-21,23,26-28H2,1-8H3,(H,56,64)(H,58,62)(H,59,63)/t35-,40+,43-,47-,48-/m1/s1. The third-order valence-corrected chi connectivity index (χ3v) is 14.2. The number of aliphatic hydroxyl groups excluding tert-OH is 1. The van der Waals surface area contributed by atoms with E-state index in [-0.39, 0.29) is 55.4 Å². The molecule has 14 nitrogen and oxygen atoms in total. The highest BCUT2D eigenvalue weighted by molar-refractivity contribution is 7.13. The first-order chi connectivity index (χ1) is 32.1. The number of aliphatic hydroxyl groups is 1. The molecule has 1 saturated heterocycles. The second-order valence-electron chi connectivity index (χ2n) is 20.0. The number of likely N-dealkylation sites (tertiary alicyclic amines) is 1. The smallest absolute Gasteiger partial charge is 0.251 e. The molecule has 4 aromatic rings. The highest BCUT2D eigenvalue weighted by atomic mass is 35.5. The molecule has 17 heteroatoms. The van der Waals surface area contributed by atoms with Gasteiger partial charge in [-0.15, -0.1) is 11.3 Å². The van der Waals surface area contributed by atoms with Gasteiger partial charge in [-0.3, -0.25) is 19.2 Å². The summed E-state index contributed by atoms with van der Waals surface area (Å²) in [6.07, 6.45) is 0.978. The minimum atomic E-state index is -0.977. The first-order valence-corrected chi connectivity index (χ1v) is 24.2. The van der Waals surface area contributed by atoms with Crippen LogP contribution >= 0.6 is 22.9 Å². The number of thiazole rings is 1. The van der Waals surface area contributed by atoms with Crippen LogP contribution < -0.4 is 26.0 Å². The van der Waals surface area contributed by atoms with Crippen LogP contribution in [0.2, 0.25) is 5.02 Å². The van der Waals surface area contributed by atoms with Crippen LogP contribution in [0.5, 0.6) is 5.75 Å². The predicted octanol–water partition coefficient (Wildman–Crippen LogP) is 7.80. The third-order valence-electron chi connectivity index (χ3n) is 12.9. The zero-order valence-electron chi connectivity index (χ0n) is 40.0. The summed E-state index contributed by atoms with van der Waals surface area (Å²) >= 11 is 7.78. The van der Waals surface area contributed by atoms with Crippen LogP contribution in [0.25, 0.3) is 10.4 Å². The van der Waals surface area contributed by atoms with Crippen molar-refractivity contribution in [2.75, 3.05) is 31.6 Å². The van der Waals surface area contributed by atoms with Gasteiger partial charge in [0.25, 0.3) is 5.91 Å². The Morgan fingerprint density at radius 2 is 1.75 bits per heavy atom. The predicted molar refractivity (Wildman–Crippen MR) is 261 cm³/mol. The molecule has 1 aliphatic carbocycles. The summed E-state index contributed by atoms with van der Waals surface area (Å²) in [7, 11) is 0. The maximum absolute atomic E-state index is 15.2. The molecule has 0 bridgehead atoms. The Morgan fingerprint density at radius 3 is 2.38 bits per heavy atom. The van der Waals surface area contributed by atoms with Gasteiger partial charge in [0.2, 0.25) is 17.7 Å². The molecular weight excluding hydrogens is 909 g/mol. The number of carbonyl (C=O) groups is 4. The maximum Gasteiger partial charge on any atom is 0.251 e. The molecule has 2 aliphatic rings. The number of β-amino-alcohol motifs (C(OH)–C–C–N with tert-alkyl or cyclic N) is 1. The van der Waals surface area contributed by atoms with E-state index >= 15 is 4.39 Å². The van der Waals surface area contributed by atoms with Crippen LogP contribution in [0.15, 0.2) is 66.2 Å². The minimum Gasteiger partial charge on any atom is -0.489 e. The van der Waals surface area contributed by atoms with Crippen LogP contribution in [-0.4, -0.2) is 95.3 Å². The molecule has 0 radical (unpaired) electrons. The first-order valence-electron chi connectivity index (χ1n) is 22.9. The van der Waals surface area contributed by atoms with Crippen molar-refractivity contribution < 1.29 is 38.1 Å². The molecule has 0 unspecified atom stereocenters. The molecule has 68 heavy (non-hydrogen) atoms. The number of carbonyl (C=O) groups excluding carboxylic acids is 4. The number of aromatic nitrogens is 1. The molecule has 3 aromatic carbocycles. The third kappa shape index (κ3) is 12.2. The Morgan fingerprint density at radius 1 is 1.03 bits per heavy atom. The van der Waals surface area contributed by atoms with Crippen LogP contribution in [0.1, 0.15) is 101 Å². The highest BCUT2D eigenvalue weighted by Crippen LogP contribution is 2.55. The van der Waals surface area contributed by atoms with E-state index in [4.69, 9.17) is 21.1 Å². The van der Waals surface area contributed by atoms with E-state index in [0.29, 0.717) is 42.3 Å². The molecule has 2 fully saturated rings. The molecular formula is C51H63ClFN7O7S. The van der Waals surface area contributed by atoms with Gasteiger partial charge in [0.15, 0.2) is 0 Å². The fourth-order valence-electron chi connectivity index (χ4n) is 9.49. The fraction of sp³-hybridized carbons (Fsp3) is 0.490. The van der Waals surface area contributed by atoms with Crippen LogP contribution in [0, 0.1) is 40.3 Å². The first kappa shape index (κ1) is 51.8. The lowest BCUT2D eigenvalue weighted by atomic mass is 9.49. The molecule has 2 heterocycles. The highest BCUT2D eigenvalue weighted by Gasteiger charge is 2.64. The van der Waals surface area contributed by atoms with E-state index in [0.717, 1.165) is 28.1 Å². The van der Waals surface area contributed by atoms with Crippen molar-refractivity contribution in [1.82, 2.24) is 25.8 Å². The number of nitrogens with zero attached hydrogens (tertiary/aromatic N) is 3. The SMILES string of the molecule is Cc1ncsc1-c1ccc(CNC(=O)[C@@H]2C[C@@H](O)CN2C(=O)[C@@H](NC(=O)COCCCCCNc2ccc(C(=O)N[C@H]3C(C)(C)[C@H](Oc4ccc(C#N)c(Cl)c4)C3(C)C)cc2F)C(C)(C)C)cc1. The largest absolute Gasteiger partial charge is 0.489 e. The quantitative estimate of drug-likeness (QED) is 0.0579. The normalized spacial score (nSPS) is 19.8. The number of ether oxygens (including phenoxy) is 2. The fourth-order valence-corrected chi connectivity index (χ4v) is 10.5. The zero-order chi connectivity index (χ0) is 49.6. The Hall–Kier alpha value is -5.60. The molecule has 1 aliphatic heterocycles. The summed E-state index contributed by atoms with van der Waals surface area (Å²) in [5.41, 5.74) is 3.84. The number of amides is 4. The average molecular weight is 973 g/mol. The molecule has 5 N–H and O–H groups in total. The monoisotopic (exact) mass is 971 g/mol. The summed E-state index contributed by atoms with van der Waals surface area (Å²) in [4.78, 5) is 60.6. The van der Waals surface area contributed by atoms with Gasteiger partial charge >= 0.3 is 0 Å². The topological polar surface area (TPSA) is 195 Å². The molecule has 364 valence electrons. The Balaban J connectivity index is 0.892. The average Bonchev–Trinajstić information content (AvgIpc) is 3.91. The number of hydrogen-bond donors (Lipinski definition) is 5. The number of rotatable bonds is 19. The summed E-state index contributed by atoms with van der Waals surface area (Å²) in [5, 5.41) is 32.0. The van der Waals surface area contributed by atoms with Crippen molar-refractivity contribution in [2.24, 2.45) is 16.2 Å². The van der Waals surface area contributed by atoms with E-state index in [1.165, 1.54) is 11.0 Å². The molecule has 1 aromatic heterocycles. The van der Waals surface area contributed by atoms with Crippen LogP contribution in [0.4, 0.5) is 10.1 Å². The van der Waals surface area contributed by atoms with Crippen molar-refractivity contribution in [3.05, 3.63) is 99.4 Å². The van der Waals surface area contributed by atoms with Gasteiger partial charge in [-0.25, -0.2) is 9.37 Å². The van der Waals surface area contributed by atoms with Crippen molar-refractivity contribution >= 4 is 52.3 Å². The minimum absolute atomic E-state index is 0.0291. The van der Waals surface area contributed by atoms with Gasteiger partial charge < -0.3 is 40.7 Å². The lowest BCUT2D eigenvalue weighted by molar-refractivity contribution is -0.164. The van der Waals surface area contributed by atoms with Gasteiger partial charge in [-0.1, -0.05) is 84.3 Å². The second kappa shape index (κ2) is 21.8. The number of halogens is 2. The van der Waals surface area contributed by atoms with Crippen molar-refractivity contribution in [3.8, 4) is 22.3 Å². The molecule has 4 amide bonds. The molecule has 0 spiro atoms. The molecule has 6 rings (SSSR count). The van der Waals surface area contributed by atoms with E-state index < -0.39 is 58.0 Å². The van der Waals surface area contributed by atoms with E-state index in [1.807, 2.05) is 85.7 Å². The number of aryl methyl sites for hydroxylation is 1. The number of nitrogens with one attached hydrogen (secondary N) is 4. The van der Waals surface area contributed by atoms with Gasteiger partial charge in [-0.05, 0) is 73.1 Å². The molecule has 1 saturated carbocycles. The maximum atomic E-state index is 15.2. The summed E-state index contributed by atoms with van der Waals surface area (Å²) in [5.74, 6) is -1.73. The lowest BCUT2D eigenvalue weighted by Crippen LogP contribution is -2.74. The second-order valence-corrected chi connectivity index (χ2v) is 21.2. The van der Waals surface area contributed by atoms with Crippen molar-refractivity contribution in [2.45, 2.75) is 118 Å². The summed E-state index contributed by atoms with van der Waals surface area (Å²) in [6.45, 7) is 16.1. The number of unbranched alkanes of at least 4 members (excludes halogenated alkanes) is 2. The van der Waals surface area contributed by atoms with Gasteiger partial charge in [0.1, 0.15) is 42.4 Å². The Labute approximate surface area is 407 Å². The van der Waals surface area contributed by atoms with Crippen LogP contribution in [-0.2, 0) is 25.7 Å². The van der Waals surface area contributed by atoms with E-state index in [1.54, 1.807) is 47.2 Å².